The van der Waals surface area contributed by atoms with Crippen molar-refractivity contribution in [3.63, 3.8) is 0 Å². The van der Waals surface area contributed by atoms with Crippen molar-refractivity contribution in [1.82, 2.24) is 0 Å². The first kappa shape index (κ1) is 17.8. The van der Waals surface area contributed by atoms with E-state index in [0.717, 1.165) is 32.1 Å². The number of carbonyl (C=O) groups is 1. The lowest BCUT2D eigenvalue weighted by Crippen LogP contribution is -2.27. The fraction of sp³-hybridized carbons (Fsp3) is 0.800. The minimum absolute atomic E-state index is 0.509. The van der Waals surface area contributed by atoms with Gasteiger partial charge in [-0.3, -0.25) is 4.89 Å². The molecule has 0 radical (unpaired) electrons. The minimum Gasteiger partial charge on any atom is -0.416 e. The first-order valence-electron chi connectivity index (χ1n) is 6.97. The van der Waals surface area contributed by atoms with Gasteiger partial charge in [-0.1, -0.05) is 45.5 Å². The van der Waals surface area contributed by atoms with Crippen molar-refractivity contribution in [2.45, 2.75) is 77.9 Å². The van der Waals surface area contributed by atoms with Gasteiger partial charge in [0.1, 0.15) is 5.60 Å². The maximum absolute atomic E-state index is 11.4. The molecule has 110 valence electrons. The van der Waals surface area contributed by atoms with Gasteiger partial charge in [0, 0.05) is 0 Å². The van der Waals surface area contributed by atoms with Crippen LogP contribution in [0.4, 0.5) is 4.79 Å². The zero-order valence-electron chi connectivity index (χ0n) is 12.5. The molecule has 19 heavy (non-hydrogen) atoms. The molecule has 0 fully saturated rings. The summed E-state index contributed by atoms with van der Waals surface area (Å²) in [6, 6.07) is 0. The lowest BCUT2D eigenvalue weighted by Gasteiger charge is -2.22. The van der Waals surface area contributed by atoms with Crippen molar-refractivity contribution in [2.24, 2.45) is 0 Å². The van der Waals surface area contributed by atoms with E-state index in [0.29, 0.717) is 6.42 Å². The Morgan fingerprint density at radius 1 is 1.26 bits per heavy atom. The number of rotatable bonds is 9. The Kier molecular flexibility index (Phi) is 9.07. The summed E-state index contributed by atoms with van der Waals surface area (Å²) in [5.74, 6) is 2.39. The highest BCUT2D eigenvalue weighted by atomic mass is 17.2. The van der Waals surface area contributed by atoms with Crippen molar-refractivity contribution in [3.05, 3.63) is 0 Å². The monoisotopic (exact) mass is 270 g/mol. The van der Waals surface area contributed by atoms with Gasteiger partial charge in [-0.05, 0) is 26.7 Å². The molecule has 0 bridgehead atoms. The first-order chi connectivity index (χ1) is 8.95. The van der Waals surface area contributed by atoms with Gasteiger partial charge >= 0.3 is 6.16 Å². The molecule has 0 rings (SSSR count). The van der Waals surface area contributed by atoms with Gasteiger partial charge in [-0.25, -0.2) is 4.79 Å². The van der Waals surface area contributed by atoms with Crippen LogP contribution in [0.15, 0.2) is 0 Å². The van der Waals surface area contributed by atoms with Crippen LogP contribution in [-0.4, -0.2) is 17.9 Å². The van der Waals surface area contributed by atoms with Crippen LogP contribution in [0.2, 0.25) is 0 Å². The third-order valence-corrected chi connectivity index (χ3v) is 2.69. The Morgan fingerprint density at radius 3 is 2.47 bits per heavy atom. The van der Waals surface area contributed by atoms with Gasteiger partial charge in [0.2, 0.25) is 0 Å². The number of hydrogen-bond donors (Lipinski definition) is 0. The number of ether oxygens (including phenoxy) is 1. The summed E-state index contributed by atoms with van der Waals surface area (Å²) in [6.45, 7) is 7.85. The van der Waals surface area contributed by atoms with Gasteiger partial charge in [-0.2, -0.15) is 4.89 Å². The van der Waals surface area contributed by atoms with Crippen LogP contribution in [0.3, 0.4) is 0 Å². The molecule has 0 N–H and O–H groups in total. The van der Waals surface area contributed by atoms with Crippen LogP contribution < -0.4 is 0 Å². The van der Waals surface area contributed by atoms with Crippen LogP contribution in [0, 0.1) is 12.3 Å². The normalized spacial score (nSPS) is 12.6. The fourth-order valence-corrected chi connectivity index (χ4v) is 1.56. The molecule has 0 aliphatic heterocycles. The molecule has 0 aromatic heterocycles. The zero-order valence-corrected chi connectivity index (χ0v) is 12.5. The second kappa shape index (κ2) is 9.69. The fourth-order valence-electron chi connectivity index (χ4n) is 1.56. The van der Waals surface area contributed by atoms with E-state index >= 15 is 0 Å². The first-order valence-corrected chi connectivity index (χ1v) is 6.97. The molecule has 0 aromatic rings. The lowest BCUT2D eigenvalue weighted by atomic mass is 10.0. The molecule has 4 nitrogen and oxygen atoms in total. The average Bonchev–Trinajstić information content (AvgIpc) is 2.36. The second-order valence-corrected chi connectivity index (χ2v) is 5.20. The van der Waals surface area contributed by atoms with Crippen LogP contribution in [0.5, 0.6) is 0 Å². The van der Waals surface area contributed by atoms with E-state index in [9.17, 15) is 4.79 Å². The maximum atomic E-state index is 11.4. The molecule has 1 atom stereocenters. The van der Waals surface area contributed by atoms with Crippen LogP contribution >= 0.6 is 0 Å². The maximum Gasteiger partial charge on any atom is 0.541 e. The third kappa shape index (κ3) is 9.38. The van der Waals surface area contributed by atoms with Crippen LogP contribution in [-0.2, 0) is 14.5 Å². The van der Waals surface area contributed by atoms with E-state index in [4.69, 9.17) is 16.0 Å². The summed E-state index contributed by atoms with van der Waals surface area (Å²) in [5.41, 5.74) is -0.509. The van der Waals surface area contributed by atoms with E-state index in [1.165, 1.54) is 0 Å². The molecule has 0 amide bonds. The Morgan fingerprint density at radius 2 is 1.95 bits per heavy atom. The number of terminal acetylenes is 1. The van der Waals surface area contributed by atoms with Crippen molar-refractivity contribution in [1.29, 1.82) is 0 Å². The van der Waals surface area contributed by atoms with Crippen molar-refractivity contribution >= 4 is 6.16 Å². The van der Waals surface area contributed by atoms with Crippen LogP contribution in [0.1, 0.15) is 66.2 Å². The summed E-state index contributed by atoms with van der Waals surface area (Å²) in [5, 5.41) is 0. The Balaban J connectivity index is 3.97. The highest BCUT2D eigenvalue weighted by Crippen LogP contribution is 2.19. The summed E-state index contributed by atoms with van der Waals surface area (Å²) in [4.78, 5) is 21.2. The predicted octanol–water partition coefficient (Wildman–Crippen LogP) is 4.23. The molecule has 0 saturated carbocycles. The topological polar surface area (TPSA) is 44.8 Å². The molecular formula is C15H26O4. The highest BCUT2D eigenvalue weighted by Gasteiger charge is 2.23. The third-order valence-electron chi connectivity index (χ3n) is 2.69. The molecule has 0 saturated heterocycles. The summed E-state index contributed by atoms with van der Waals surface area (Å²) < 4.78 is 4.94. The Labute approximate surface area is 116 Å². The molecule has 0 aliphatic carbocycles. The van der Waals surface area contributed by atoms with Gasteiger partial charge in [0.25, 0.3) is 0 Å². The smallest absolute Gasteiger partial charge is 0.416 e. The summed E-state index contributed by atoms with van der Waals surface area (Å²) in [6.07, 6.45) is 9.40. The number of hydrogen-bond acceptors (Lipinski definition) is 4. The standard InChI is InChI=1S/C15H26O4/c1-6-9-10-12-15(4,5)19-18-14(16)17-13(8-3)11-7-2/h3,13H,6-7,9-12H2,1-2,4-5H3. The molecule has 0 aromatic carbocycles. The van der Waals surface area contributed by atoms with E-state index in [1.807, 2.05) is 20.8 Å². The van der Waals surface area contributed by atoms with E-state index < -0.39 is 17.9 Å². The zero-order chi connectivity index (χ0) is 14.7. The van der Waals surface area contributed by atoms with E-state index in [1.54, 1.807) is 0 Å². The van der Waals surface area contributed by atoms with E-state index in [-0.39, 0.29) is 0 Å². The molecule has 0 spiro atoms. The largest absolute Gasteiger partial charge is 0.541 e. The molecule has 1 unspecified atom stereocenters. The average molecular weight is 270 g/mol. The molecule has 0 heterocycles. The highest BCUT2D eigenvalue weighted by molar-refractivity contribution is 5.59. The van der Waals surface area contributed by atoms with Crippen molar-refractivity contribution < 1.29 is 19.3 Å². The molecule has 0 aliphatic rings. The Bertz CT molecular complexity index is 291. The predicted molar refractivity (Wildman–Crippen MR) is 74.4 cm³/mol. The molecule has 4 heteroatoms. The lowest BCUT2D eigenvalue weighted by molar-refractivity contribution is -0.319. The Hall–Kier alpha value is -1.21. The number of carbonyl (C=O) groups excluding carboxylic acids is 1. The van der Waals surface area contributed by atoms with Crippen molar-refractivity contribution in [3.8, 4) is 12.3 Å². The van der Waals surface area contributed by atoms with Crippen LogP contribution in [0.25, 0.3) is 0 Å². The van der Waals surface area contributed by atoms with Gasteiger partial charge in [0.15, 0.2) is 6.10 Å². The second-order valence-electron chi connectivity index (χ2n) is 5.20. The van der Waals surface area contributed by atoms with Gasteiger partial charge < -0.3 is 4.74 Å². The minimum atomic E-state index is -0.875. The SMILES string of the molecule is C#CC(CCC)OC(=O)OOC(C)(C)CCCCC. The van der Waals surface area contributed by atoms with E-state index in [2.05, 4.69) is 17.7 Å². The van der Waals surface area contributed by atoms with Gasteiger partial charge in [-0.15, -0.1) is 6.42 Å². The molecular weight excluding hydrogens is 244 g/mol. The van der Waals surface area contributed by atoms with Crippen molar-refractivity contribution in [2.75, 3.05) is 0 Å². The van der Waals surface area contributed by atoms with Gasteiger partial charge in [0.05, 0.1) is 0 Å². The number of unbranched alkanes of at least 4 members (excludes halogenated alkanes) is 2. The summed E-state index contributed by atoms with van der Waals surface area (Å²) >= 11 is 0. The quantitative estimate of drug-likeness (QED) is 0.207. The summed E-state index contributed by atoms with van der Waals surface area (Å²) in [7, 11) is 0.